The molecule has 1 amide bonds. The van der Waals surface area contributed by atoms with E-state index in [1.54, 1.807) is 48.5 Å². The van der Waals surface area contributed by atoms with Gasteiger partial charge in [0, 0.05) is 28.6 Å². The van der Waals surface area contributed by atoms with Crippen molar-refractivity contribution in [3.8, 4) is 5.75 Å². The number of ether oxygens (including phenoxy) is 1. The number of amides is 1. The smallest absolute Gasteiger partial charge is 0.269 e. The van der Waals surface area contributed by atoms with Crippen LogP contribution in [0, 0.1) is 10.1 Å². The van der Waals surface area contributed by atoms with Gasteiger partial charge in [0.2, 0.25) is 5.78 Å². The van der Waals surface area contributed by atoms with Crippen LogP contribution in [0.2, 0.25) is 0 Å². The Morgan fingerprint density at radius 1 is 0.935 bits per heavy atom. The normalized spacial score (nSPS) is 10.6. The molecule has 1 aromatic heterocycles. The lowest BCUT2D eigenvalue weighted by Gasteiger charge is -2.07. The first-order valence-corrected chi connectivity index (χ1v) is 9.24. The molecule has 0 aliphatic heterocycles. The van der Waals surface area contributed by atoms with E-state index in [-0.39, 0.29) is 22.7 Å². The molecule has 0 bridgehead atoms. The summed E-state index contributed by atoms with van der Waals surface area (Å²) in [4.78, 5) is 36.2. The maximum atomic E-state index is 13.1. The van der Waals surface area contributed by atoms with Crippen LogP contribution < -0.4 is 10.1 Å². The van der Waals surface area contributed by atoms with Gasteiger partial charge in [0.1, 0.15) is 11.3 Å². The SMILES string of the molecule is COc1ccc(C(=O)c2oc3ccccc3c2NC(=O)c2ccc([N+](=O)[O-])cc2)cc1. The fraction of sp³-hybridized carbons (Fsp3) is 0.0435. The van der Waals surface area contributed by atoms with Gasteiger partial charge in [-0.1, -0.05) is 12.1 Å². The van der Waals surface area contributed by atoms with E-state index in [0.29, 0.717) is 22.3 Å². The van der Waals surface area contributed by atoms with Gasteiger partial charge in [-0.05, 0) is 48.5 Å². The number of carbonyl (C=O) groups is 2. The fourth-order valence-electron chi connectivity index (χ4n) is 3.12. The highest BCUT2D eigenvalue weighted by atomic mass is 16.6. The van der Waals surface area contributed by atoms with Gasteiger partial charge < -0.3 is 14.5 Å². The van der Waals surface area contributed by atoms with E-state index in [0.717, 1.165) is 0 Å². The van der Waals surface area contributed by atoms with Crippen LogP contribution in [0.25, 0.3) is 11.0 Å². The van der Waals surface area contributed by atoms with Crippen molar-refractivity contribution in [2.45, 2.75) is 0 Å². The molecule has 1 heterocycles. The third kappa shape index (κ3) is 3.86. The molecule has 1 N–H and O–H groups in total. The van der Waals surface area contributed by atoms with Crippen LogP contribution in [0.5, 0.6) is 5.75 Å². The Labute approximate surface area is 176 Å². The van der Waals surface area contributed by atoms with E-state index >= 15 is 0 Å². The molecule has 4 rings (SSSR count). The summed E-state index contributed by atoms with van der Waals surface area (Å²) in [6.45, 7) is 0. The van der Waals surface area contributed by atoms with Crippen LogP contribution in [0.15, 0.2) is 77.2 Å². The molecule has 0 aliphatic carbocycles. The molecule has 31 heavy (non-hydrogen) atoms. The lowest BCUT2D eigenvalue weighted by Crippen LogP contribution is -2.14. The molecule has 0 fully saturated rings. The Hall–Kier alpha value is -4.46. The average molecular weight is 416 g/mol. The first-order chi connectivity index (χ1) is 15.0. The van der Waals surface area contributed by atoms with Crippen molar-refractivity contribution in [2.24, 2.45) is 0 Å². The zero-order valence-electron chi connectivity index (χ0n) is 16.3. The minimum Gasteiger partial charge on any atom is -0.497 e. The number of fused-ring (bicyclic) bond motifs is 1. The standard InChI is InChI=1S/C23H16N2O6/c1-30-17-12-8-14(9-13-17)21(26)22-20(18-4-2-3-5-19(18)31-22)24-23(27)15-6-10-16(11-7-15)25(28)29/h2-13H,1H3,(H,24,27). The van der Waals surface area contributed by atoms with E-state index in [2.05, 4.69) is 5.32 Å². The summed E-state index contributed by atoms with van der Waals surface area (Å²) in [6, 6.07) is 18.7. The average Bonchev–Trinajstić information content (AvgIpc) is 3.17. The van der Waals surface area contributed by atoms with E-state index in [1.165, 1.54) is 31.4 Å². The van der Waals surface area contributed by atoms with E-state index in [1.807, 2.05) is 0 Å². The molecule has 0 spiro atoms. The summed E-state index contributed by atoms with van der Waals surface area (Å²) >= 11 is 0. The molecule has 0 radical (unpaired) electrons. The zero-order chi connectivity index (χ0) is 22.0. The number of benzene rings is 3. The molecule has 0 aliphatic rings. The minimum atomic E-state index is -0.545. The lowest BCUT2D eigenvalue weighted by molar-refractivity contribution is -0.384. The molecule has 0 atom stereocenters. The molecule has 154 valence electrons. The molecular weight excluding hydrogens is 400 g/mol. The van der Waals surface area contributed by atoms with Crippen LogP contribution in [0.1, 0.15) is 26.5 Å². The van der Waals surface area contributed by atoms with Crippen molar-refractivity contribution < 1.29 is 23.7 Å². The van der Waals surface area contributed by atoms with Gasteiger partial charge in [-0.2, -0.15) is 0 Å². The number of hydrogen-bond acceptors (Lipinski definition) is 6. The minimum absolute atomic E-state index is 0.0124. The number of ketones is 1. The van der Waals surface area contributed by atoms with Gasteiger partial charge >= 0.3 is 0 Å². The van der Waals surface area contributed by atoms with Crippen LogP contribution in [0.4, 0.5) is 11.4 Å². The highest BCUT2D eigenvalue weighted by Gasteiger charge is 2.24. The number of nitro groups is 1. The van der Waals surface area contributed by atoms with E-state index in [9.17, 15) is 19.7 Å². The zero-order valence-corrected chi connectivity index (χ0v) is 16.3. The summed E-state index contributed by atoms with van der Waals surface area (Å²) in [7, 11) is 1.53. The summed E-state index contributed by atoms with van der Waals surface area (Å²) in [5, 5.41) is 14.1. The Morgan fingerprint density at radius 2 is 1.58 bits per heavy atom. The third-order valence-corrected chi connectivity index (χ3v) is 4.73. The van der Waals surface area contributed by atoms with E-state index in [4.69, 9.17) is 9.15 Å². The second-order valence-corrected chi connectivity index (χ2v) is 6.62. The summed E-state index contributed by atoms with van der Waals surface area (Å²) in [5.41, 5.74) is 1.13. The highest BCUT2D eigenvalue weighted by Crippen LogP contribution is 2.33. The summed E-state index contributed by atoms with van der Waals surface area (Å²) < 4.78 is 10.9. The number of nitro benzene ring substituents is 1. The molecule has 8 heteroatoms. The van der Waals surface area contributed by atoms with E-state index < -0.39 is 16.6 Å². The van der Waals surface area contributed by atoms with Gasteiger partial charge in [-0.25, -0.2) is 0 Å². The lowest BCUT2D eigenvalue weighted by atomic mass is 10.1. The number of hydrogen-bond donors (Lipinski definition) is 1. The second kappa shape index (κ2) is 8.11. The highest BCUT2D eigenvalue weighted by molar-refractivity contribution is 6.18. The van der Waals surface area contributed by atoms with Crippen LogP contribution in [-0.2, 0) is 0 Å². The molecular formula is C23H16N2O6. The summed E-state index contributed by atoms with van der Waals surface area (Å²) in [5.74, 6) is -0.336. The predicted octanol–water partition coefficient (Wildman–Crippen LogP) is 4.83. The first kappa shape index (κ1) is 19.8. The van der Waals surface area contributed by atoms with Gasteiger partial charge in [0.15, 0.2) is 5.76 Å². The quantitative estimate of drug-likeness (QED) is 0.274. The number of furan rings is 1. The number of nitrogens with one attached hydrogen (secondary N) is 1. The molecule has 0 saturated heterocycles. The fourth-order valence-corrected chi connectivity index (χ4v) is 3.12. The van der Waals surface area contributed by atoms with Crippen molar-refractivity contribution in [3.05, 3.63) is 99.8 Å². The number of carbonyl (C=O) groups excluding carboxylic acids is 2. The number of para-hydroxylation sites is 1. The van der Waals surface area contributed by atoms with Crippen molar-refractivity contribution >= 4 is 34.0 Å². The van der Waals surface area contributed by atoms with Crippen LogP contribution in [0.3, 0.4) is 0 Å². The molecule has 8 nitrogen and oxygen atoms in total. The Bertz CT molecular complexity index is 1290. The predicted molar refractivity (Wildman–Crippen MR) is 114 cm³/mol. The summed E-state index contributed by atoms with van der Waals surface area (Å²) in [6.07, 6.45) is 0. The number of nitrogens with zero attached hydrogens (tertiary/aromatic N) is 1. The molecule has 0 unspecified atom stereocenters. The van der Waals surface area contributed by atoms with Gasteiger partial charge in [0.25, 0.3) is 11.6 Å². The van der Waals surface area contributed by atoms with Crippen molar-refractivity contribution in [1.29, 1.82) is 0 Å². The van der Waals surface area contributed by atoms with Crippen LogP contribution >= 0.6 is 0 Å². The van der Waals surface area contributed by atoms with Crippen LogP contribution in [-0.4, -0.2) is 23.7 Å². The van der Waals surface area contributed by atoms with Gasteiger partial charge in [0.05, 0.1) is 17.7 Å². The molecule has 3 aromatic carbocycles. The maximum Gasteiger partial charge on any atom is 0.269 e. The van der Waals surface area contributed by atoms with Gasteiger partial charge in [-0.3, -0.25) is 19.7 Å². The first-order valence-electron chi connectivity index (χ1n) is 9.24. The number of rotatable bonds is 6. The molecule has 4 aromatic rings. The van der Waals surface area contributed by atoms with Gasteiger partial charge in [-0.15, -0.1) is 0 Å². The Morgan fingerprint density at radius 3 is 2.23 bits per heavy atom. The maximum absolute atomic E-state index is 13.1. The second-order valence-electron chi connectivity index (χ2n) is 6.62. The topological polar surface area (TPSA) is 112 Å². The Balaban J connectivity index is 1.71. The largest absolute Gasteiger partial charge is 0.497 e. The Kier molecular flexibility index (Phi) is 5.19. The third-order valence-electron chi connectivity index (χ3n) is 4.73. The number of non-ortho nitro benzene ring substituents is 1. The molecule has 0 saturated carbocycles. The number of anilines is 1. The van der Waals surface area contributed by atoms with Crippen molar-refractivity contribution in [2.75, 3.05) is 12.4 Å². The monoisotopic (exact) mass is 416 g/mol. The number of methoxy groups -OCH3 is 1. The van der Waals surface area contributed by atoms with Crippen molar-refractivity contribution in [1.82, 2.24) is 0 Å². The van der Waals surface area contributed by atoms with Crippen molar-refractivity contribution in [3.63, 3.8) is 0 Å².